The zero-order valence-corrected chi connectivity index (χ0v) is 17.7. The van der Waals surface area contributed by atoms with Crippen LogP contribution >= 0.6 is 0 Å². The van der Waals surface area contributed by atoms with Gasteiger partial charge in [-0.2, -0.15) is 0 Å². The molecule has 1 amide bonds. The summed E-state index contributed by atoms with van der Waals surface area (Å²) in [5.41, 5.74) is 2.36. The fraction of sp³-hybridized carbons (Fsp3) is 0.875. The lowest BCUT2D eigenvalue weighted by molar-refractivity contribution is -0.133. The van der Waals surface area contributed by atoms with Gasteiger partial charge in [-0.15, -0.1) is 0 Å². The van der Waals surface area contributed by atoms with Crippen molar-refractivity contribution in [3.05, 3.63) is 11.6 Å². The standard InChI is InChI=1S/C24H39NO/c1-22(2,3)25-21(26)20-12-11-18-17-10-9-16-8-6-7-14-23(16,4)19(17)13-15-24(18,20)5/h8,17-20H,6-7,9-15H2,1-5H3,(H,25,26)/t17-,18-,19-,20+,23-,24-/m0/s1. The predicted molar refractivity (Wildman–Crippen MR) is 108 cm³/mol. The molecule has 4 rings (SSSR count). The molecule has 146 valence electrons. The fourth-order valence-corrected chi connectivity index (χ4v) is 7.64. The zero-order valence-electron chi connectivity index (χ0n) is 17.7. The second kappa shape index (κ2) is 6.11. The molecular formula is C24H39NO. The second-order valence-electron chi connectivity index (χ2n) is 11.4. The summed E-state index contributed by atoms with van der Waals surface area (Å²) in [7, 11) is 0. The Balaban J connectivity index is 1.58. The highest BCUT2D eigenvalue weighted by Crippen LogP contribution is 2.66. The average Bonchev–Trinajstić information content (AvgIpc) is 2.90. The van der Waals surface area contributed by atoms with Crippen LogP contribution in [0, 0.1) is 34.5 Å². The molecule has 3 saturated carbocycles. The van der Waals surface area contributed by atoms with Gasteiger partial charge in [-0.1, -0.05) is 25.5 Å². The van der Waals surface area contributed by atoms with Crippen molar-refractivity contribution in [2.75, 3.05) is 0 Å². The average molecular weight is 358 g/mol. The van der Waals surface area contributed by atoms with Crippen LogP contribution in [0.1, 0.15) is 92.4 Å². The molecule has 0 saturated heterocycles. The lowest BCUT2D eigenvalue weighted by atomic mass is 9.47. The smallest absolute Gasteiger partial charge is 0.224 e. The lowest BCUT2D eigenvalue weighted by Crippen LogP contribution is -2.53. The summed E-state index contributed by atoms with van der Waals surface area (Å²) in [5, 5.41) is 3.30. The van der Waals surface area contributed by atoms with Crippen molar-refractivity contribution in [3.8, 4) is 0 Å². The number of allylic oxidation sites excluding steroid dienone is 2. The molecule has 0 aromatic carbocycles. The van der Waals surface area contributed by atoms with Gasteiger partial charge in [0.05, 0.1) is 0 Å². The van der Waals surface area contributed by atoms with E-state index in [4.69, 9.17) is 0 Å². The number of hydrogen-bond donors (Lipinski definition) is 1. The summed E-state index contributed by atoms with van der Waals surface area (Å²) in [6.45, 7) is 11.4. The van der Waals surface area contributed by atoms with Gasteiger partial charge in [0, 0.05) is 11.5 Å². The minimum absolute atomic E-state index is 0.122. The fourth-order valence-electron chi connectivity index (χ4n) is 7.64. The molecule has 4 aliphatic rings. The maximum absolute atomic E-state index is 13.1. The highest BCUT2D eigenvalue weighted by Gasteiger charge is 2.60. The van der Waals surface area contributed by atoms with Crippen LogP contribution in [-0.4, -0.2) is 11.4 Å². The number of carbonyl (C=O) groups is 1. The number of rotatable bonds is 1. The molecule has 26 heavy (non-hydrogen) atoms. The van der Waals surface area contributed by atoms with Crippen LogP contribution in [0.15, 0.2) is 11.6 Å². The summed E-state index contributed by atoms with van der Waals surface area (Å²) in [5.74, 6) is 3.02. The monoisotopic (exact) mass is 357 g/mol. The van der Waals surface area contributed by atoms with Gasteiger partial charge in [-0.05, 0) is 107 Å². The third-order valence-corrected chi connectivity index (χ3v) is 8.84. The van der Waals surface area contributed by atoms with E-state index in [0.29, 0.717) is 11.3 Å². The molecule has 0 heterocycles. The highest BCUT2D eigenvalue weighted by atomic mass is 16.2. The topological polar surface area (TPSA) is 29.1 Å². The van der Waals surface area contributed by atoms with E-state index < -0.39 is 0 Å². The van der Waals surface area contributed by atoms with Gasteiger partial charge in [0.1, 0.15) is 0 Å². The quantitative estimate of drug-likeness (QED) is 0.584. The summed E-state index contributed by atoms with van der Waals surface area (Å²) in [6.07, 6.45) is 14.3. The molecule has 0 aliphatic heterocycles. The van der Waals surface area contributed by atoms with Crippen LogP contribution in [0.5, 0.6) is 0 Å². The van der Waals surface area contributed by atoms with Gasteiger partial charge in [0.15, 0.2) is 0 Å². The van der Waals surface area contributed by atoms with Crippen LogP contribution in [0.2, 0.25) is 0 Å². The molecule has 1 N–H and O–H groups in total. The van der Waals surface area contributed by atoms with E-state index in [0.717, 1.165) is 24.2 Å². The van der Waals surface area contributed by atoms with Crippen molar-refractivity contribution >= 4 is 5.91 Å². The molecule has 6 atom stereocenters. The summed E-state index contributed by atoms with van der Waals surface area (Å²) < 4.78 is 0. The third-order valence-electron chi connectivity index (χ3n) is 8.84. The van der Waals surface area contributed by atoms with Gasteiger partial charge in [0.2, 0.25) is 5.91 Å². The van der Waals surface area contributed by atoms with E-state index in [-0.39, 0.29) is 16.9 Å². The van der Waals surface area contributed by atoms with Gasteiger partial charge in [-0.3, -0.25) is 4.79 Å². The van der Waals surface area contributed by atoms with Crippen molar-refractivity contribution in [1.82, 2.24) is 5.32 Å². The lowest BCUT2D eigenvalue weighted by Gasteiger charge is -2.58. The van der Waals surface area contributed by atoms with Crippen molar-refractivity contribution in [2.24, 2.45) is 34.5 Å². The van der Waals surface area contributed by atoms with E-state index >= 15 is 0 Å². The molecule has 2 nitrogen and oxygen atoms in total. The summed E-state index contributed by atoms with van der Waals surface area (Å²) in [4.78, 5) is 13.1. The largest absolute Gasteiger partial charge is 0.351 e. The van der Waals surface area contributed by atoms with Crippen molar-refractivity contribution in [2.45, 2.75) is 97.9 Å². The second-order valence-corrected chi connectivity index (χ2v) is 11.4. The maximum atomic E-state index is 13.1. The van der Waals surface area contributed by atoms with E-state index in [9.17, 15) is 4.79 Å². The zero-order chi connectivity index (χ0) is 18.7. The highest BCUT2D eigenvalue weighted by molar-refractivity contribution is 5.80. The van der Waals surface area contributed by atoms with Crippen LogP contribution in [0.3, 0.4) is 0 Å². The van der Waals surface area contributed by atoms with E-state index in [1.54, 1.807) is 5.57 Å². The third kappa shape index (κ3) is 2.78. The van der Waals surface area contributed by atoms with Crippen LogP contribution in [-0.2, 0) is 4.79 Å². The molecule has 0 unspecified atom stereocenters. The number of fused-ring (bicyclic) bond motifs is 5. The minimum atomic E-state index is -0.122. The molecule has 0 aromatic heterocycles. The van der Waals surface area contributed by atoms with Crippen LogP contribution < -0.4 is 5.32 Å². The molecule has 0 aromatic rings. The SMILES string of the molecule is CC(C)(C)NC(=O)[C@H]1CC[C@H]2[C@@H]3CCC4=CCCC[C@]4(C)[C@H]3CC[C@]12C. The Morgan fingerprint density at radius 3 is 2.58 bits per heavy atom. The summed E-state index contributed by atoms with van der Waals surface area (Å²) in [6, 6.07) is 0. The van der Waals surface area contributed by atoms with Crippen molar-refractivity contribution < 1.29 is 4.79 Å². The first-order valence-corrected chi connectivity index (χ1v) is 11.2. The van der Waals surface area contributed by atoms with Gasteiger partial charge >= 0.3 is 0 Å². The molecule has 0 bridgehead atoms. The van der Waals surface area contributed by atoms with E-state index in [2.05, 4.69) is 46.0 Å². The predicted octanol–water partition coefficient (Wildman–Crippen LogP) is 5.87. The Morgan fingerprint density at radius 1 is 1.08 bits per heavy atom. The number of nitrogens with one attached hydrogen (secondary N) is 1. The Hall–Kier alpha value is -0.790. The molecular weight excluding hydrogens is 318 g/mol. The molecule has 2 heteroatoms. The van der Waals surface area contributed by atoms with Gasteiger partial charge < -0.3 is 5.32 Å². The minimum Gasteiger partial charge on any atom is -0.351 e. The number of amides is 1. The Bertz CT molecular complexity index is 614. The van der Waals surface area contributed by atoms with E-state index in [1.165, 1.54) is 51.4 Å². The Labute approximate surface area is 160 Å². The maximum Gasteiger partial charge on any atom is 0.224 e. The molecule has 4 aliphatic carbocycles. The van der Waals surface area contributed by atoms with Crippen LogP contribution in [0.4, 0.5) is 0 Å². The van der Waals surface area contributed by atoms with Crippen molar-refractivity contribution in [1.29, 1.82) is 0 Å². The normalized spacial score (nSPS) is 45.2. The first-order chi connectivity index (χ1) is 12.2. The van der Waals surface area contributed by atoms with Gasteiger partial charge in [0.25, 0.3) is 0 Å². The molecule has 3 fully saturated rings. The van der Waals surface area contributed by atoms with Gasteiger partial charge in [-0.25, -0.2) is 0 Å². The number of carbonyl (C=O) groups excluding carboxylic acids is 1. The summed E-state index contributed by atoms with van der Waals surface area (Å²) >= 11 is 0. The van der Waals surface area contributed by atoms with Crippen molar-refractivity contribution in [3.63, 3.8) is 0 Å². The number of hydrogen-bond acceptors (Lipinski definition) is 1. The first kappa shape index (κ1) is 18.6. The Kier molecular flexibility index (Phi) is 4.36. The molecule has 0 radical (unpaired) electrons. The first-order valence-electron chi connectivity index (χ1n) is 11.2. The Morgan fingerprint density at radius 2 is 1.85 bits per heavy atom. The van der Waals surface area contributed by atoms with Crippen LogP contribution in [0.25, 0.3) is 0 Å². The molecule has 0 spiro atoms. The van der Waals surface area contributed by atoms with E-state index in [1.807, 2.05) is 0 Å².